The molecule has 0 amide bonds. The van der Waals surface area contributed by atoms with E-state index in [2.05, 4.69) is 15.2 Å². The summed E-state index contributed by atoms with van der Waals surface area (Å²) in [6.07, 6.45) is 0. The number of aromatic amines is 1. The van der Waals surface area contributed by atoms with E-state index in [1.54, 1.807) is 0 Å². The van der Waals surface area contributed by atoms with Crippen molar-refractivity contribution in [3.8, 4) is 0 Å². The fraction of sp³-hybridized carbons (Fsp3) is 0. The molecule has 0 aliphatic rings. The van der Waals surface area contributed by atoms with Crippen molar-refractivity contribution in [2.75, 3.05) is 5.73 Å². The first-order chi connectivity index (χ1) is 4.20. The molecule has 0 radical (unpaired) electrons. The summed E-state index contributed by atoms with van der Waals surface area (Å²) in [6, 6.07) is 0. The van der Waals surface area contributed by atoms with Gasteiger partial charge >= 0.3 is 0 Å². The summed E-state index contributed by atoms with van der Waals surface area (Å²) in [7, 11) is 0. The highest BCUT2D eigenvalue weighted by atomic mass is 127. The normalized spacial score (nSPS) is 9.44. The molecule has 1 aromatic rings. The van der Waals surface area contributed by atoms with E-state index in [1.807, 2.05) is 22.6 Å². The van der Waals surface area contributed by atoms with E-state index >= 15 is 0 Å². The highest BCUT2D eigenvalue weighted by Crippen LogP contribution is 1.99. The van der Waals surface area contributed by atoms with Crippen LogP contribution in [0.15, 0.2) is 0 Å². The molecule has 1 rings (SSSR count). The summed E-state index contributed by atoms with van der Waals surface area (Å²) in [5.41, 5.74) is 5.22. The van der Waals surface area contributed by atoms with Crippen molar-refractivity contribution in [2.24, 2.45) is 0 Å². The first-order valence-electron chi connectivity index (χ1n) is 2.08. The Morgan fingerprint density at radius 1 is 1.67 bits per heavy atom. The zero-order chi connectivity index (χ0) is 6.85. The van der Waals surface area contributed by atoms with Crippen LogP contribution in [0.2, 0.25) is 0 Å². The Bertz CT molecular complexity index is 269. The van der Waals surface area contributed by atoms with Crippen molar-refractivity contribution in [3.05, 3.63) is 8.34 Å². The number of nitrogen functional groups attached to an aromatic ring is 1. The number of H-pyrrole nitrogens is 1. The molecule has 0 bridgehead atoms. The minimum atomic E-state index is 0.216. The Hall–Kier alpha value is -0.240. The van der Waals surface area contributed by atoms with Gasteiger partial charge in [-0.05, 0) is 22.6 Å². The number of hydrogen-bond donors (Lipinski definition) is 2. The Morgan fingerprint density at radius 2 is 2.33 bits per heavy atom. The number of aromatic nitrogens is 3. The molecule has 48 valence electrons. The molecule has 1 heterocycles. The summed E-state index contributed by atoms with van der Waals surface area (Å²) in [6.45, 7) is 0. The van der Waals surface area contributed by atoms with Gasteiger partial charge in [-0.3, -0.25) is 5.10 Å². The second-order valence-electron chi connectivity index (χ2n) is 1.31. The summed E-state index contributed by atoms with van der Waals surface area (Å²) in [5, 5.41) is 6.11. The van der Waals surface area contributed by atoms with Crippen molar-refractivity contribution in [1.29, 1.82) is 0 Å². The zero-order valence-corrected chi connectivity index (χ0v) is 7.23. The largest absolute Gasteiger partial charge is 0.367 e. The second kappa shape index (κ2) is 2.56. The summed E-state index contributed by atoms with van der Waals surface area (Å²) >= 11 is 6.75. The molecule has 3 N–H and O–H groups in total. The minimum Gasteiger partial charge on any atom is -0.367 e. The Kier molecular flexibility index (Phi) is 1.96. The number of halogens is 1. The maximum Gasteiger partial charge on any atom is 0.238 e. The Balaban J connectivity index is 3.34. The van der Waals surface area contributed by atoms with Crippen molar-refractivity contribution in [2.45, 2.75) is 0 Å². The first kappa shape index (κ1) is 6.87. The molecule has 4 nitrogen and oxygen atoms in total. The van der Waals surface area contributed by atoms with Crippen LogP contribution in [-0.2, 0) is 0 Å². The van der Waals surface area contributed by atoms with Gasteiger partial charge in [0.15, 0.2) is 4.64 Å². The number of anilines is 1. The fourth-order valence-electron chi connectivity index (χ4n) is 0.331. The van der Waals surface area contributed by atoms with Gasteiger partial charge < -0.3 is 5.73 Å². The molecule has 9 heavy (non-hydrogen) atoms. The van der Waals surface area contributed by atoms with E-state index in [0.717, 1.165) is 0 Å². The molecule has 0 aliphatic carbocycles. The molecular weight excluding hydrogens is 251 g/mol. The van der Waals surface area contributed by atoms with E-state index in [4.69, 9.17) is 18.0 Å². The van der Waals surface area contributed by atoms with Crippen molar-refractivity contribution in [3.63, 3.8) is 0 Å². The van der Waals surface area contributed by atoms with Gasteiger partial charge in [-0.25, -0.2) is 4.98 Å². The summed E-state index contributed by atoms with van der Waals surface area (Å²) in [4.78, 5) is 3.79. The van der Waals surface area contributed by atoms with Crippen molar-refractivity contribution >= 4 is 40.8 Å². The SMILES string of the molecule is Nc1n[nH]c(=S)c(I)n1. The molecule has 0 atom stereocenters. The summed E-state index contributed by atoms with van der Waals surface area (Å²) in [5.74, 6) is 0.216. The van der Waals surface area contributed by atoms with Crippen LogP contribution in [0.4, 0.5) is 5.95 Å². The highest BCUT2D eigenvalue weighted by Gasteiger charge is 1.91. The van der Waals surface area contributed by atoms with Gasteiger partial charge in [0.2, 0.25) is 5.95 Å². The van der Waals surface area contributed by atoms with Gasteiger partial charge in [0, 0.05) is 0 Å². The van der Waals surface area contributed by atoms with E-state index < -0.39 is 0 Å². The van der Waals surface area contributed by atoms with E-state index in [-0.39, 0.29) is 5.95 Å². The lowest BCUT2D eigenvalue weighted by Gasteiger charge is -1.89. The molecule has 0 saturated carbocycles. The van der Waals surface area contributed by atoms with Crippen LogP contribution in [0.1, 0.15) is 0 Å². The monoisotopic (exact) mass is 254 g/mol. The molecule has 0 unspecified atom stereocenters. The van der Waals surface area contributed by atoms with Crippen molar-refractivity contribution < 1.29 is 0 Å². The van der Waals surface area contributed by atoms with E-state index in [1.165, 1.54) is 0 Å². The molecule has 0 aromatic carbocycles. The third-order valence-corrected chi connectivity index (χ3v) is 2.10. The van der Waals surface area contributed by atoms with Gasteiger partial charge in [-0.15, -0.1) is 5.10 Å². The fourth-order valence-corrected chi connectivity index (χ4v) is 0.790. The lowest BCUT2D eigenvalue weighted by molar-refractivity contribution is 0.953. The molecule has 0 saturated heterocycles. The molecule has 0 aliphatic heterocycles. The topological polar surface area (TPSA) is 67.6 Å². The number of rotatable bonds is 0. The van der Waals surface area contributed by atoms with Crippen LogP contribution < -0.4 is 5.73 Å². The Morgan fingerprint density at radius 3 is 2.78 bits per heavy atom. The predicted octanol–water partition coefficient (Wildman–Crippen LogP) is 0.721. The Labute approximate surface area is 70.0 Å². The van der Waals surface area contributed by atoms with Gasteiger partial charge in [-0.1, -0.05) is 12.2 Å². The number of nitrogens with two attached hydrogens (primary N) is 1. The molecular formula is C3H3IN4S. The van der Waals surface area contributed by atoms with Gasteiger partial charge in [0.05, 0.1) is 0 Å². The number of nitrogens with zero attached hydrogens (tertiary/aromatic N) is 2. The molecule has 6 heteroatoms. The standard InChI is InChI=1S/C3H3IN4S/c4-1-2(9)7-8-3(5)6-1/h(H,7,9)(H2,5,6,8). The summed E-state index contributed by atoms with van der Waals surface area (Å²) < 4.78 is 1.19. The quantitative estimate of drug-likeness (QED) is 0.528. The predicted molar refractivity (Wildman–Crippen MR) is 44.3 cm³/mol. The number of nitrogens with one attached hydrogen (secondary N) is 1. The maximum absolute atomic E-state index is 5.22. The maximum atomic E-state index is 5.22. The highest BCUT2D eigenvalue weighted by molar-refractivity contribution is 14.1. The first-order valence-corrected chi connectivity index (χ1v) is 3.56. The molecule has 0 spiro atoms. The average molecular weight is 254 g/mol. The van der Waals surface area contributed by atoms with E-state index in [9.17, 15) is 0 Å². The van der Waals surface area contributed by atoms with Crippen LogP contribution in [0, 0.1) is 8.34 Å². The average Bonchev–Trinajstić information content (AvgIpc) is 1.80. The van der Waals surface area contributed by atoms with Gasteiger partial charge in [-0.2, -0.15) is 0 Å². The van der Waals surface area contributed by atoms with Crippen LogP contribution in [0.25, 0.3) is 0 Å². The van der Waals surface area contributed by atoms with Crippen LogP contribution in [0.5, 0.6) is 0 Å². The smallest absolute Gasteiger partial charge is 0.238 e. The van der Waals surface area contributed by atoms with Gasteiger partial charge in [0.1, 0.15) is 3.70 Å². The van der Waals surface area contributed by atoms with E-state index in [0.29, 0.717) is 8.34 Å². The molecule has 0 fully saturated rings. The van der Waals surface area contributed by atoms with Crippen LogP contribution in [-0.4, -0.2) is 15.2 Å². The second-order valence-corrected chi connectivity index (χ2v) is 2.74. The third kappa shape index (κ3) is 1.58. The lowest BCUT2D eigenvalue weighted by atomic mass is 10.9. The minimum absolute atomic E-state index is 0.216. The van der Waals surface area contributed by atoms with Crippen LogP contribution >= 0.6 is 34.8 Å². The molecule has 1 aromatic heterocycles. The lowest BCUT2D eigenvalue weighted by Crippen LogP contribution is -1.98. The zero-order valence-electron chi connectivity index (χ0n) is 4.26. The third-order valence-electron chi connectivity index (χ3n) is 0.672. The number of hydrogen-bond acceptors (Lipinski definition) is 4. The van der Waals surface area contributed by atoms with Crippen LogP contribution in [0.3, 0.4) is 0 Å². The van der Waals surface area contributed by atoms with Crippen molar-refractivity contribution in [1.82, 2.24) is 15.2 Å². The van der Waals surface area contributed by atoms with Gasteiger partial charge in [0.25, 0.3) is 0 Å².